The average molecular weight is 444 g/mol. The van der Waals surface area contributed by atoms with Crippen molar-refractivity contribution in [3.05, 3.63) is 53.6 Å². The highest BCUT2D eigenvalue weighted by Crippen LogP contribution is 2.31. The number of aryl methyl sites for hydroxylation is 2. The van der Waals surface area contributed by atoms with Crippen molar-refractivity contribution < 1.29 is 8.42 Å². The van der Waals surface area contributed by atoms with E-state index < -0.39 is 14.6 Å². The first kappa shape index (κ1) is 23.0. The number of nitrogens with zero attached hydrogens (tertiary/aromatic N) is 1. The minimum absolute atomic E-state index is 0.309. The highest BCUT2D eigenvalue weighted by Gasteiger charge is 2.27. The van der Waals surface area contributed by atoms with Gasteiger partial charge in [-0.1, -0.05) is 49.6 Å². The van der Waals surface area contributed by atoms with Crippen LogP contribution < -0.4 is 0 Å². The summed E-state index contributed by atoms with van der Waals surface area (Å²) in [5.41, 5.74) is 4.87. The standard InChI is InChI=1S/C25H33NO2S2/c1-19-11-16-22-23(18-19)29-24(26-22)21-14-12-20(13-15-21)10-8-6-5-7-9-17-30(27,28)25(2,3)4/h11-16,18H,5-10,17H2,1-4H3. The maximum Gasteiger partial charge on any atom is 0.155 e. The maximum absolute atomic E-state index is 12.1. The topological polar surface area (TPSA) is 47.0 Å². The third kappa shape index (κ3) is 5.92. The molecule has 5 heteroatoms. The van der Waals surface area contributed by atoms with Crippen LogP contribution in [0.1, 0.15) is 64.0 Å². The van der Waals surface area contributed by atoms with Gasteiger partial charge in [0.15, 0.2) is 9.84 Å². The lowest BCUT2D eigenvalue weighted by Gasteiger charge is -2.18. The van der Waals surface area contributed by atoms with Gasteiger partial charge in [0.05, 0.1) is 20.7 Å². The lowest BCUT2D eigenvalue weighted by atomic mass is 10.0. The molecular weight excluding hydrogens is 410 g/mol. The number of hydrogen-bond acceptors (Lipinski definition) is 4. The van der Waals surface area contributed by atoms with Gasteiger partial charge in [-0.2, -0.15) is 0 Å². The Hall–Kier alpha value is -1.72. The fourth-order valence-corrected chi connectivity index (χ4v) is 5.69. The predicted molar refractivity (Wildman–Crippen MR) is 130 cm³/mol. The molecule has 3 nitrogen and oxygen atoms in total. The zero-order valence-corrected chi connectivity index (χ0v) is 20.2. The SMILES string of the molecule is Cc1ccc2nc(-c3ccc(CCCCCCCS(=O)(=O)C(C)(C)C)cc3)sc2c1. The van der Waals surface area contributed by atoms with Gasteiger partial charge in [0.25, 0.3) is 0 Å². The van der Waals surface area contributed by atoms with Gasteiger partial charge in [-0.25, -0.2) is 13.4 Å². The molecule has 0 unspecified atom stereocenters. The van der Waals surface area contributed by atoms with Crippen LogP contribution in [0, 0.1) is 6.92 Å². The number of hydrogen-bond donors (Lipinski definition) is 0. The summed E-state index contributed by atoms with van der Waals surface area (Å²) in [4.78, 5) is 4.77. The molecular formula is C25H33NO2S2. The summed E-state index contributed by atoms with van der Waals surface area (Å²) < 4.78 is 24.8. The second-order valence-corrected chi connectivity index (χ2v) is 13.0. The Bertz CT molecular complexity index is 1070. The number of thiazole rings is 1. The number of sulfone groups is 1. The van der Waals surface area contributed by atoms with E-state index in [4.69, 9.17) is 4.98 Å². The molecule has 0 N–H and O–H groups in total. The van der Waals surface area contributed by atoms with Crippen LogP contribution in [-0.2, 0) is 16.3 Å². The Labute approximate surface area is 185 Å². The normalized spacial score (nSPS) is 12.5. The van der Waals surface area contributed by atoms with Gasteiger partial charge in [-0.3, -0.25) is 0 Å². The molecule has 3 aromatic rings. The van der Waals surface area contributed by atoms with E-state index in [0.29, 0.717) is 5.75 Å². The fourth-order valence-electron chi connectivity index (χ4n) is 3.43. The van der Waals surface area contributed by atoms with Crippen LogP contribution >= 0.6 is 11.3 Å². The van der Waals surface area contributed by atoms with E-state index in [9.17, 15) is 8.42 Å². The zero-order valence-electron chi connectivity index (χ0n) is 18.6. The molecule has 0 atom stereocenters. The Kier molecular flexibility index (Phi) is 7.35. The molecule has 162 valence electrons. The second kappa shape index (κ2) is 9.61. The average Bonchev–Trinajstić information content (AvgIpc) is 3.10. The summed E-state index contributed by atoms with van der Waals surface area (Å²) in [6.07, 6.45) is 6.23. The van der Waals surface area contributed by atoms with Crippen LogP contribution in [0.15, 0.2) is 42.5 Å². The molecule has 30 heavy (non-hydrogen) atoms. The van der Waals surface area contributed by atoms with Gasteiger partial charge in [0, 0.05) is 5.56 Å². The first-order valence-electron chi connectivity index (χ1n) is 10.8. The van der Waals surface area contributed by atoms with E-state index >= 15 is 0 Å². The van der Waals surface area contributed by atoms with E-state index in [1.807, 2.05) is 0 Å². The van der Waals surface area contributed by atoms with Crippen molar-refractivity contribution in [1.29, 1.82) is 0 Å². The molecule has 0 fully saturated rings. The van der Waals surface area contributed by atoms with Crippen LogP contribution in [0.4, 0.5) is 0 Å². The summed E-state index contributed by atoms with van der Waals surface area (Å²) >= 11 is 1.75. The van der Waals surface area contributed by atoms with Crippen molar-refractivity contribution in [3.8, 4) is 10.6 Å². The third-order valence-corrected chi connectivity index (χ3v) is 9.32. The Morgan fingerprint density at radius 2 is 1.57 bits per heavy atom. The molecule has 1 heterocycles. The lowest BCUT2D eigenvalue weighted by molar-refractivity contribution is 0.552. The zero-order chi connectivity index (χ0) is 21.8. The quantitative estimate of drug-likeness (QED) is 0.335. The van der Waals surface area contributed by atoms with E-state index in [-0.39, 0.29) is 0 Å². The minimum atomic E-state index is -2.98. The van der Waals surface area contributed by atoms with Crippen molar-refractivity contribution in [2.75, 3.05) is 5.75 Å². The van der Waals surface area contributed by atoms with Crippen molar-refractivity contribution in [2.45, 2.75) is 71.0 Å². The lowest BCUT2D eigenvalue weighted by Crippen LogP contribution is -2.30. The van der Waals surface area contributed by atoms with Gasteiger partial charge in [-0.05, 0) is 70.2 Å². The third-order valence-electron chi connectivity index (χ3n) is 5.56. The summed E-state index contributed by atoms with van der Waals surface area (Å²) in [5, 5.41) is 1.08. The Morgan fingerprint density at radius 3 is 2.27 bits per heavy atom. The number of fused-ring (bicyclic) bond motifs is 1. The highest BCUT2D eigenvalue weighted by molar-refractivity contribution is 7.92. The maximum atomic E-state index is 12.1. The molecule has 1 aromatic heterocycles. The molecule has 0 radical (unpaired) electrons. The molecule has 0 aliphatic heterocycles. The van der Waals surface area contributed by atoms with Gasteiger partial charge < -0.3 is 0 Å². The molecule has 0 aliphatic carbocycles. The van der Waals surface area contributed by atoms with Crippen LogP contribution in [0.3, 0.4) is 0 Å². The summed E-state index contributed by atoms with van der Waals surface area (Å²) in [6.45, 7) is 7.46. The van der Waals surface area contributed by atoms with Crippen molar-refractivity contribution in [3.63, 3.8) is 0 Å². The largest absolute Gasteiger partial charge is 0.236 e. The van der Waals surface area contributed by atoms with Crippen molar-refractivity contribution in [1.82, 2.24) is 4.98 Å². The van der Waals surface area contributed by atoms with Crippen molar-refractivity contribution >= 4 is 31.4 Å². The molecule has 0 saturated heterocycles. The van der Waals surface area contributed by atoms with Crippen LogP contribution in [-0.4, -0.2) is 23.9 Å². The number of aromatic nitrogens is 1. The number of rotatable bonds is 9. The second-order valence-electron chi connectivity index (χ2n) is 9.14. The van der Waals surface area contributed by atoms with E-state index in [0.717, 1.165) is 49.0 Å². The van der Waals surface area contributed by atoms with Gasteiger partial charge in [0.2, 0.25) is 0 Å². The monoisotopic (exact) mass is 443 g/mol. The number of benzene rings is 2. The first-order valence-corrected chi connectivity index (χ1v) is 13.3. The summed E-state index contributed by atoms with van der Waals surface area (Å²) in [5.74, 6) is 0.309. The van der Waals surface area contributed by atoms with Gasteiger partial charge in [0.1, 0.15) is 5.01 Å². The Morgan fingerprint density at radius 1 is 0.900 bits per heavy atom. The molecule has 0 aliphatic rings. The molecule has 0 amide bonds. The molecule has 0 spiro atoms. The molecule has 0 bridgehead atoms. The van der Waals surface area contributed by atoms with Gasteiger partial charge in [-0.15, -0.1) is 11.3 Å². The van der Waals surface area contributed by atoms with Crippen LogP contribution in [0.25, 0.3) is 20.8 Å². The minimum Gasteiger partial charge on any atom is -0.236 e. The summed E-state index contributed by atoms with van der Waals surface area (Å²) in [7, 11) is -2.98. The molecule has 3 rings (SSSR count). The smallest absolute Gasteiger partial charge is 0.155 e. The van der Waals surface area contributed by atoms with E-state index in [2.05, 4.69) is 49.4 Å². The molecule has 0 saturated carbocycles. The van der Waals surface area contributed by atoms with Crippen LogP contribution in [0.2, 0.25) is 0 Å². The van der Waals surface area contributed by atoms with E-state index in [1.165, 1.54) is 21.4 Å². The predicted octanol–water partition coefficient (Wildman–Crippen LogP) is 6.98. The first-order chi connectivity index (χ1) is 14.2. The van der Waals surface area contributed by atoms with E-state index in [1.54, 1.807) is 32.1 Å². The Balaban J connectivity index is 1.42. The number of unbranched alkanes of at least 4 members (excludes halogenated alkanes) is 4. The highest BCUT2D eigenvalue weighted by atomic mass is 32.2. The summed E-state index contributed by atoms with van der Waals surface area (Å²) in [6, 6.07) is 15.2. The van der Waals surface area contributed by atoms with Gasteiger partial charge >= 0.3 is 0 Å². The fraction of sp³-hybridized carbons (Fsp3) is 0.480. The van der Waals surface area contributed by atoms with Crippen LogP contribution in [0.5, 0.6) is 0 Å². The van der Waals surface area contributed by atoms with Crippen molar-refractivity contribution in [2.24, 2.45) is 0 Å². The molecule has 2 aromatic carbocycles.